The van der Waals surface area contributed by atoms with Gasteiger partial charge in [-0.05, 0) is 70.0 Å². The van der Waals surface area contributed by atoms with Crippen molar-refractivity contribution >= 4 is 29.3 Å². The monoisotopic (exact) mass is 461 g/mol. The van der Waals surface area contributed by atoms with E-state index in [2.05, 4.69) is 5.32 Å². The third-order valence-corrected chi connectivity index (χ3v) is 4.05. The summed E-state index contributed by atoms with van der Waals surface area (Å²) in [7, 11) is 3.44. The zero-order valence-corrected chi connectivity index (χ0v) is 19.1. The van der Waals surface area contributed by atoms with Gasteiger partial charge in [0.05, 0.1) is 5.56 Å². The van der Waals surface area contributed by atoms with Crippen LogP contribution in [0.5, 0.6) is 0 Å². The molecule has 0 fully saturated rings. The molecule has 184 valence electrons. The molecule has 4 N–H and O–H groups in total. The number of carbonyl (C=O) groups is 3. The van der Waals surface area contributed by atoms with Crippen LogP contribution in [0.3, 0.4) is 0 Å². The van der Waals surface area contributed by atoms with E-state index < -0.39 is 17.7 Å². The first-order valence-electron chi connectivity index (χ1n) is 9.63. The largest absolute Gasteiger partial charge is 0.478 e. The Bertz CT molecular complexity index is 963. The topological polar surface area (TPSA) is 122 Å². The molecule has 2 aromatic carbocycles. The number of anilines is 2. The van der Waals surface area contributed by atoms with Crippen molar-refractivity contribution in [2.24, 2.45) is 0 Å². The fraction of sp³-hybridized carbons (Fsp3) is 0.400. The van der Waals surface area contributed by atoms with Crippen molar-refractivity contribution in [3.8, 4) is 0 Å². The second-order valence-corrected chi connectivity index (χ2v) is 8.23. The lowest BCUT2D eigenvalue weighted by molar-refractivity contribution is 0.0632. The number of benzene rings is 2. The molecule has 8 nitrogen and oxygen atoms in total. The van der Waals surface area contributed by atoms with Crippen molar-refractivity contribution in [2.45, 2.75) is 55.1 Å². The number of carboxylic acid groups (broad SMARTS) is 1. The van der Waals surface area contributed by atoms with Gasteiger partial charge < -0.3 is 20.5 Å². The first-order chi connectivity index (χ1) is 14.2. The van der Waals surface area contributed by atoms with E-state index in [1.54, 1.807) is 60.0 Å². The molecular weight excluding hydrogens is 422 g/mol. The normalized spacial score (nSPS) is 9.79. The molecule has 0 saturated carbocycles. The number of ether oxygens (including phenoxy) is 1. The number of amides is 2. The van der Waals surface area contributed by atoms with Gasteiger partial charge in [0.15, 0.2) is 0 Å². The van der Waals surface area contributed by atoms with E-state index in [0.29, 0.717) is 16.9 Å². The maximum absolute atomic E-state index is 11.6. The third kappa shape index (κ3) is 10.5. The highest BCUT2D eigenvalue weighted by Gasteiger charge is 2.17. The predicted molar refractivity (Wildman–Crippen MR) is 135 cm³/mol. The third-order valence-electron chi connectivity index (χ3n) is 4.05. The number of nitrogens with two attached hydrogens (primary N) is 1. The summed E-state index contributed by atoms with van der Waals surface area (Å²) in [4.78, 5) is 35.4. The number of carboxylic acids is 1. The summed E-state index contributed by atoms with van der Waals surface area (Å²) in [5, 5.41) is 11.4. The van der Waals surface area contributed by atoms with Crippen LogP contribution in [0, 0.1) is 13.8 Å². The molecule has 0 saturated heterocycles. The minimum Gasteiger partial charge on any atom is -0.478 e. The van der Waals surface area contributed by atoms with E-state index in [0.717, 1.165) is 11.1 Å². The summed E-state index contributed by atoms with van der Waals surface area (Å²) in [6.45, 7) is 8.96. The van der Waals surface area contributed by atoms with E-state index in [1.165, 1.54) is 17.0 Å². The molecule has 0 radical (unpaired) electrons. The van der Waals surface area contributed by atoms with Crippen molar-refractivity contribution in [3.63, 3.8) is 0 Å². The Kier molecular flexibility index (Phi) is 12.6. The lowest BCUT2D eigenvalue weighted by Crippen LogP contribution is -2.27. The number of carbonyl (C=O) groups excluding carboxylic acids is 2. The number of aryl methyl sites for hydroxylation is 2. The predicted octanol–water partition coefficient (Wildman–Crippen LogP) is 5.59. The van der Waals surface area contributed by atoms with E-state index >= 15 is 0 Å². The van der Waals surface area contributed by atoms with Gasteiger partial charge in [0.1, 0.15) is 5.60 Å². The fourth-order valence-electron chi connectivity index (χ4n) is 2.33. The van der Waals surface area contributed by atoms with Crippen LogP contribution in [0.2, 0.25) is 0 Å². The lowest BCUT2D eigenvalue weighted by atomic mass is 10.1. The molecule has 0 spiro atoms. The average Bonchev–Trinajstić information content (AvgIpc) is 2.64. The minimum absolute atomic E-state index is 0. The minimum atomic E-state index is -1.04. The Morgan fingerprint density at radius 3 is 1.91 bits per heavy atom. The maximum Gasteiger partial charge on any atom is 0.412 e. The van der Waals surface area contributed by atoms with Gasteiger partial charge in [-0.25, -0.2) is 9.59 Å². The Balaban J connectivity index is 0. The molecule has 0 bridgehead atoms. The standard InChI is InChI=1S/C13H17NO4.C10H14N2O.2CH4/c1-8-5-6-9(11(15)16)7-10(8)14-12(17)18-13(2,3)4;1-7-4-5-8(6-9(7)11)10(13)12(2)3;;/h5-7H,1-4H3,(H,14,17)(H,15,16);4-6H,11H2,1-3H3;2*1H4. The van der Waals surface area contributed by atoms with E-state index in [4.69, 9.17) is 15.6 Å². The second-order valence-electron chi connectivity index (χ2n) is 8.23. The zero-order chi connectivity index (χ0) is 23.9. The molecule has 2 amide bonds. The number of hydrogen-bond donors (Lipinski definition) is 3. The van der Waals surface area contributed by atoms with E-state index in [-0.39, 0.29) is 26.3 Å². The Labute approximate surface area is 197 Å². The van der Waals surface area contributed by atoms with Crippen molar-refractivity contribution in [1.29, 1.82) is 0 Å². The van der Waals surface area contributed by atoms with E-state index in [9.17, 15) is 14.4 Å². The quantitative estimate of drug-likeness (QED) is 0.512. The summed E-state index contributed by atoms with van der Waals surface area (Å²) < 4.78 is 5.10. The van der Waals surface area contributed by atoms with Gasteiger partial charge in [-0.2, -0.15) is 0 Å². The van der Waals surface area contributed by atoms with Gasteiger partial charge >= 0.3 is 12.1 Å². The van der Waals surface area contributed by atoms with Gasteiger partial charge in [0.2, 0.25) is 0 Å². The number of nitrogen functional groups attached to an aromatic ring is 1. The molecule has 8 heteroatoms. The first kappa shape index (κ1) is 31.6. The smallest absolute Gasteiger partial charge is 0.412 e. The maximum atomic E-state index is 11.6. The number of nitrogens with one attached hydrogen (secondary N) is 1. The summed E-state index contributed by atoms with van der Waals surface area (Å²) in [6, 6.07) is 9.87. The van der Waals surface area contributed by atoms with Gasteiger partial charge in [-0.15, -0.1) is 0 Å². The molecule has 0 aromatic heterocycles. The van der Waals surface area contributed by atoms with Crippen molar-refractivity contribution in [3.05, 3.63) is 58.7 Å². The number of nitrogens with zero attached hydrogens (tertiary/aromatic N) is 1. The summed E-state index contributed by atoms with van der Waals surface area (Å²) in [5.74, 6) is -1.06. The second kappa shape index (κ2) is 13.1. The Hall–Kier alpha value is -3.55. The number of rotatable bonds is 3. The number of aromatic carboxylic acids is 1. The molecule has 0 atom stereocenters. The van der Waals surface area contributed by atoms with Gasteiger partial charge in [-0.3, -0.25) is 10.1 Å². The molecule has 2 aromatic rings. The zero-order valence-electron chi connectivity index (χ0n) is 19.1. The number of hydrogen-bond acceptors (Lipinski definition) is 5. The van der Waals surface area contributed by atoms with Gasteiger partial charge in [-0.1, -0.05) is 27.0 Å². The van der Waals surface area contributed by atoms with Crippen LogP contribution >= 0.6 is 0 Å². The Morgan fingerprint density at radius 1 is 0.939 bits per heavy atom. The van der Waals surface area contributed by atoms with Crippen molar-refractivity contribution < 1.29 is 24.2 Å². The SMILES string of the molecule is C.C.Cc1ccc(C(=O)N(C)C)cc1N.Cc1ccc(C(=O)O)cc1NC(=O)OC(C)(C)C. The van der Waals surface area contributed by atoms with Crippen LogP contribution in [-0.2, 0) is 4.74 Å². The molecule has 0 aliphatic rings. The molecule has 2 rings (SSSR count). The molecular formula is C25H39N3O5. The molecule has 0 heterocycles. The highest BCUT2D eigenvalue weighted by atomic mass is 16.6. The van der Waals surface area contributed by atoms with Gasteiger partial charge in [0.25, 0.3) is 5.91 Å². The summed E-state index contributed by atoms with van der Waals surface area (Å²) in [6.07, 6.45) is -0.604. The van der Waals surface area contributed by atoms with Crippen LogP contribution in [-0.4, -0.2) is 47.7 Å². The van der Waals surface area contributed by atoms with Crippen LogP contribution in [0.25, 0.3) is 0 Å². The van der Waals surface area contributed by atoms with Crippen LogP contribution < -0.4 is 11.1 Å². The summed E-state index contributed by atoms with van der Waals surface area (Å²) in [5.41, 5.74) is 8.70. The Morgan fingerprint density at radius 2 is 1.45 bits per heavy atom. The van der Waals surface area contributed by atoms with Crippen LogP contribution in [0.1, 0.15) is 67.5 Å². The first-order valence-corrected chi connectivity index (χ1v) is 9.63. The molecule has 33 heavy (non-hydrogen) atoms. The lowest BCUT2D eigenvalue weighted by Gasteiger charge is -2.20. The van der Waals surface area contributed by atoms with Crippen LogP contribution in [0.15, 0.2) is 36.4 Å². The highest BCUT2D eigenvalue weighted by Crippen LogP contribution is 2.18. The van der Waals surface area contributed by atoms with Crippen molar-refractivity contribution in [2.75, 3.05) is 25.1 Å². The molecule has 0 aliphatic heterocycles. The summed E-state index contributed by atoms with van der Waals surface area (Å²) >= 11 is 0. The van der Waals surface area contributed by atoms with Crippen molar-refractivity contribution in [1.82, 2.24) is 4.90 Å². The highest BCUT2D eigenvalue weighted by molar-refractivity contribution is 5.95. The molecule has 0 unspecified atom stereocenters. The fourth-order valence-corrected chi connectivity index (χ4v) is 2.33. The molecule has 0 aliphatic carbocycles. The van der Waals surface area contributed by atoms with Gasteiger partial charge in [0, 0.05) is 31.0 Å². The van der Waals surface area contributed by atoms with E-state index in [1.807, 2.05) is 13.0 Å². The van der Waals surface area contributed by atoms with Crippen LogP contribution in [0.4, 0.5) is 16.2 Å². The average molecular weight is 462 g/mol.